The van der Waals surface area contributed by atoms with Crippen LogP contribution in [0.3, 0.4) is 0 Å². The number of allylic oxidation sites excluding steroid dienone is 1. The van der Waals surface area contributed by atoms with Crippen molar-refractivity contribution in [2.24, 2.45) is 5.92 Å². The lowest BCUT2D eigenvalue weighted by molar-refractivity contribution is -0.121. The zero-order valence-corrected chi connectivity index (χ0v) is 11.5. The van der Waals surface area contributed by atoms with E-state index in [-0.39, 0.29) is 5.92 Å². The Morgan fingerprint density at radius 1 is 1.39 bits per heavy atom. The Balaban J connectivity index is 2.73. The van der Waals surface area contributed by atoms with Gasteiger partial charge in [0.05, 0.1) is 7.11 Å². The van der Waals surface area contributed by atoms with Crippen LogP contribution in [0.25, 0.3) is 6.08 Å². The molecule has 0 saturated heterocycles. The monoisotopic (exact) mass is 246 g/mol. The van der Waals surface area contributed by atoms with Crippen molar-refractivity contribution in [3.63, 3.8) is 0 Å². The number of benzene rings is 1. The van der Waals surface area contributed by atoms with Gasteiger partial charge in [-0.05, 0) is 30.5 Å². The first-order valence-corrected chi connectivity index (χ1v) is 6.56. The zero-order valence-electron chi connectivity index (χ0n) is 11.5. The molecule has 98 valence electrons. The number of carbonyl (C=O) groups excluding carboxylic acids is 1. The van der Waals surface area contributed by atoms with Gasteiger partial charge in [-0.15, -0.1) is 0 Å². The number of carbonyl (C=O) groups is 1. The smallest absolute Gasteiger partial charge is 0.139 e. The normalized spacial score (nSPS) is 12.6. The second-order valence-electron chi connectivity index (χ2n) is 4.37. The Kier molecular flexibility index (Phi) is 6.20. The van der Waals surface area contributed by atoms with E-state index in [4.69, 9.17) is 4.74 Å². The standard InChI is InChI=1S/C16H22O2/c1-4-7-16(17)14(5-2)11-10-13-8-6-9-15(12-13)18-3/h6,8-12,14H,4-5,7H2,1-3H3/b11-10+. The highest BCUT2D eigenvalue weighted by Gasteiger charge is 2.11. The van der Waals surface area contributed by atoms with Gasteiger partial charge in [0.25, 0.3) is 0 Å². The van der Waals surface area contributed by atoms with E-state index >= 15 is 0 Å². The summed E-state index contributed by atoms with van der Waals surface area (Å²) in [7, 11) is 1.66. The summed E-state index contributed by atoms with van der Waals surface area (Å²) in [5, 5.41) is 0. The van der Waals surface area contributed by atoms with Gasteiger partial charge in [0.2, 0.25) is 0 Å². The SMILES string of the molecule is CCCC(=O)C(/C=C/c1cccc(OC)c1)CC. The number of methoxy groups -OCH3 is 1. The van der Waals surface area contributed by atoms with Crippen LogP contribution in [0.2, 0.25) is 0 Å². The third kappa shape index (κ3) is 4.36. The maximum Gasteiger partial charge on any atom is 0.139 e. The van der Waals surface area contributed by atoms with E-state index < -0.39 is 0 Å². The fraction of sp³-hybridized carbons (Fsp3) is 0.438. The molecule has 0 bridgehead atoms. The topological polar surface area (TPSA) is 26.3 Å². The Morgan fingerprint density at radius 3 is 2.78 bits per heavy atom. The van der Waals surface area contributed by atoms with Crippen LogP contribution in [0.4, 0.5) is 0 Å². The molecular weight excluding hydrogens is 224 g/mol. The van der Waals surface area contributed by atoms with Crippen LogP contribution in [-0.4, -0.2) is 12.9 Å². The first-order valence-electron chi connectivity index (χ1n) is 6.56. The van der Waals surface area contributed by atoms with Crippen LogP contribution < -0.4 is 4.74 Å². The predicted molar refractivity (Wildman–Crippen MR) is 75.7 cm³/mol. The van der Waals surface area contributed by atoms with Crippen LogP contribution >= 0.6 is 0 Å². The fourth-order valence-corrected chi connectivity index (χ4v) is 1.88. The first-order chi connectivity index (χ1) is 8.71. The second-order valence-corrected chi connectivity index (χ2v) is 4.37. The number of ether oxygens (including phenoxy) is 1. The van der Waals surface area contributed by atoms with Crippen LogP contribution in [0.15, 0.2) is 30.3 Å². The molecule has 0 aliphatic carbocycles. The fourth-order valence-electron chi connectivity index (χ4n) is 1.88. The van der Waals surface area contributed by atoms with Crippen molar-refractivity contribution in [1.29, 1.82) is 0 Å². The number of ketones is 1. The number of hydrogen-bond acceptors (Lipinski definition) is 2. The molecule has 0 spiro atoms. The summed E-state index contributed by atoms with van der Waals surface area (Å²) in [6, 6.07) is 7.84. The van der Waals surface area contributed by atoms with Crippen LogP contribution in [0.1, 0.15) is 38.7 Å². The molecule has 18 heavy (non-hydrogen) atoms. The molecule has 0 N–H and O–H groups in total. The quantitative estimate of drug-likeness (QED) is 0.724. The van der Waals surface area contributed by atoms with Crippen molar-refractivity contribution < 1.29 is 9.53 Å². The lowest BCUT2D eigenvalue weighted by atomic mass is 9.96. The van der Waals surface area contributed by atoms with Gasteiger partial charge >= 0.3 is 0 Å². The molecule has 0 amide bonds. The van der Waals surface area contributed by atoms with Crippen LogP contribution in [0, 0.1) is 5.92 Å². The molecule has 0 radical (unpaired) electrons. The zero-order chi connectivity index (χ0) is 13.4. The average Bonchev–Trinajstić information content (AvgIpc) is 2.40. The number of Topliss-reactive ketones (excluding diaryl/α,β-unsaturated/α-hetero) is 1. The van der Waals surface area contributed by atoms with Gasteiger partial charge in [-0.3, -0.25) is 4.79 Å². The third-order valence-corrected chi connectivity index (χ3v) is 2.96. The van der Waals surface area contributed by atoms with E-state index in [9.17, 15) is 4.79 Å². The lowest BCUT2D eigenvalue weighted by Crippen LogP contribution is -2.10. The van der Waals surface area contributed by atoms with Crippen molar-refractivity contribution in [1.82, 2.24) is 0 Å². The van der Waals surface area contributed by atoms with E-state index in [0.717, 1.165) is 24.2 Å². The van der Waals surface area contributed by atoms with E-state index in [1.807, 2.05) is 50.3 Å². The van der Waals surface area contributed by atoms with Gasteiger partial charge in [-0.2, -0.15) is 0 Å². The molecular formula is C16H22O2. The predicted octanol–water partition coefficient (Wildman–Crippen LogP) is 4.10. The largest absolute Gasteiger partial charge is 0.497 e. The van der Waals surface area contributed by atoms with E-state index in [0.29, 0.717) is 12.2 Å². The van der Waals surface area contributed by atoms with Crippen LogP contribution in [-0.2, 0) is 4.79 Å². The highest BCUT2D eigenvalue weighted by molar-refractivity contribution is 5.83. The van der Waals surface area contributed by atoms with E-state index in [1.54, 1.807) is 7.11 Å². The summed E-state index contributed by atoms with van der Waals surface area (Å²) in [6.07, 6.45) is 6.46. The summed E-state index contributed by atoms with van der Waals surface area (Å²) in [5.41, 5.74) is 1.07. The molecule has 1 atom stereocenters. The van der Waals surface area contributed by atoms with Crippen LogP contribution in [0.5, 0.6) is 5.75 Å². The molecule has 0 fully saturated rings. The molecule has 0 aliphatic rings. The van der Waals surface area contributed by atoms with Gasteiger partial charge in [0, 0.05) is 12.3 Å². The summed E-state index contributed by atoms with van der Waals surface area (Å²) < 4.78 is 5.17. The molecule has 1 unspecified atom stereocenters. The van der Waals surface area contributed by atoms with Gasteiger partial charge < -0.3 is 4.74 Å². The third-order valence-electron chi connectivity index (χ3n) is 2.96. The first kappa shape index (κ1) is 14.5. The molecule has 2 heteroatoms. The van der Waals surface area contributed by atoms with Gasteiger partial charge in [0.15, 0.2) is 0 Å². The maximum atomic E-state index is 11.8. The van der Waals surface area contributed by atoms with E-state index in [1.165, 1.54) is 0 Å². The lowest BCUT2D eigenvalue weighted by Gasteiger charge is -2.08. The molecule has 0 aromatic heterocycles. The van der Waals surface area contributed by atoms with E-state index in [2.05, 4.69) is 0 Å². The van der Waals surface area contributed by atoms with Crippen molar-refractivity contribution >= 4 is 11.9 Å². The van der Waals surface area contributed by atoms with Crippen molar-refractivity contribution in [3.8, 4) is 5.75 Å². The Bertz CT molecular complexity index is 407. The second kappa shape index (κ2) is 7.70. The van der Waals surface area contributed by atoms with Crippen molar-refractivity contribution in [2.45, 2.75) is 33.1 Å². The van der Waals surface area contributed by atoms with Gasteiger partial charge in [-0.25, -0.2) is 0 Å². The summed E-state index contributed by atoms with van der Waals surface area (Å²) in [6.45, 7) is 4.09. The molecule has 0 aliphatic heterocycles. The summed E-state index contributed by atoms with van der Waals surface area (Å²) >= 11 is 0. The highest BCUT2D eigenvalue weighted by Crippen LogP contribution is 2.16. The molecule has 1 aromatic rings. The minimum Gasteiger partial charge on any atom is -0.497 e. The summed E-state index contributed by atoms with van der Waals surface area (Å²) in [5.74, 6) is 1.21. The van der Waals surface area contributed by atoms with Crippen molar-refractivity contribution in [2.75, 3.05) is 7.11 Å². The number of hydrogen-bond donors (Lipinski definition) is 0. The Labute approximate surface area is 110 Å². The summed E-state index contributed by atoms with van der Waals surface area (Å²) in [4.78, 5) is 11.8. The molecule has 1 rings (SSSR count). The minimum absolute atomic E-state index is 0.0381. The highest BCUT2D eigenvalue weighted by atomic mass is 16.5. The Hall–Kier alpha value is -1.57. The molecule has 0 heterocycles. The maximum absolute atomic E-state index is 11.8. The molecule has 0 saturated carbocycles. The minimum atomic E-state index is 0.0381. The Morgan fingerprint density at radius 2 is 2.17 bits per heavy atom. The molecule has 2 nitrogen and oxygen atoms in total. The van der Waals surface area contributed by atoms with Crippen molar-refractivity contribution in [3.05, 3.63) is 35.9 Å². The number of rotatable bonds is 7. The average molecular weight is 246 g/mol. The molecule has 1 aromatic carbocycles. The van der Waals surface area contributed by atoms with Gasteiger partial charge in [-0.1, -0.05) is 38.1 Å². The van der Waals surface area contributed by atoms with Gasteiger partial charge in [0.1, 0.15) is 11.5 Å².